The Labute approximate surface area is 155 Å². The molecule has 0 radical (unpaired) electrons. The molecule has 0 amide bonds. The molecule has 1 aliphatic carbocycles. The van der Waals surface area contributed by atoms with Crippen molar-refractivity contribution >= 4 is 6.08 Å². The summed E-state index contributed by atoms with van der Waals surface area (Å²) in [6, 6.07) is 9.02. The zero-order valence-corrected chi connectivity index (χ0v) is 16.3. The van der Waals surface area contributed by atoms with Crippen LogP contribution in [-0.4, -0.2) is 12.7 Å². The predicted octanol–water partition coefficient (Wildman–Crippen LogP) is 6.97. The fourth-order valence-electron chi connectivity index (χ4n) is 3.49. The number of aryl methyl sites for hydroxylation is 1. The molecule has 138 valence electrons. The van der Waals surface area contributed by atoms with E-state index in [0.717, 1.165) is 18.9 Å². The van der Waals surface area contributed by atoms with Gasteiger partial charge in [-0.3, -0.25) is 0 Å². The van der Waals surface area contributed by atoms with Crippen LogP contribution in [0.25, 0.3) is 6.08 Å². The number of allylic oxidation sites excluding steroid dienone is 3. The fourth-order valence-corrected chi connectivity index (χ4v) is 3.49. The van der Waals surface area contributed by atoms with Crippen molar-refractivity contribution in [1.82, 2.24) is 0 Å². The van der Waals surface area contributed by atoms with E-state index in [2.05, 4.69) is 62.4 Å². The van der Waals surface area contributed by atoms with Gasteiger partial charge in [-0.15, -0.1) is 0 Å². The van der Waals surface area contributed by atoms with Crippen molar-refractivity contribution in [3.05, 3.63) is 53.6 Å². The molecule has 1 saturated carbocycles. The smallest absolute Gasteiger partial charge is 0.0575 e. The van der Waals surface area contributed by atoms with E-state index in [1.54, 1.807) is 0 Å². The molecule has 1 heteroatoms. The minimum absolute atomic E-state index is 0.510. The first-order valence-electron chi connectivity index (χ1n) is 10.4. The van der Waals surface area contributed by atoms with Gasteiger partial charge in [-0.1, -0.05) is 75.3 Å². The lowest BCUT2D eigenvalue weighted by molar-refractivity contribution is 0.0227. The summed E-state index contributed by atoms with van der Waals surface area (Å²) in [6.45, 7) is 5.36. The van der Waals surface area contributed by atoms with Crippen molar-refractivity contribution in [3.8, 4) is 0 Å². The lowest BCUT2D eigenvalue weighted by Crippen LogP contribution is -2.21. The van der Waals surface area contributed by atoms with Crippen molar-refractivity contribution in [2.45, 2.75) is 77.7 Å². The van der Waals surface area contributed by atoms with Crippen molar-refractivity contribution in [2.75, 3.05) is 6.61 Å². The van der Waals surface area contributed by atoms with Crippen LogP contribution in [0.2, 0.25) is 0 Å². The molecule has 2 rings (SSSR count). The molecule has 0 atom stereocenters. The summed E-state index contributed by atoms with van der Waals surface area (Å²) < 4.78 is 5.87. The maximum atomic E-state index is 5.87. The van der Waals surface area contributed by atoms with Gasteiger partial charge in [-0.2, -0.15) is 0 Å². The SMILES string of the molecule is CCCCCc1ccc(C=CC=C[C@H]2CC[C@H](OCCC)CC2)cc1. The minimum atomic E-state index is 0.510. The van der Waals surface area contributed by atoms with Crippen LogP contribution >= 0.6 is 0 Å². The highest BCUT2D eigenvalue weighted by Crippen LogP contribution is 2.27. The summed E-state index contributed by atoms with van der Waals surface area (Å²) >= 11 is 0. The number of benzene rings is 1. The molecule has 0 aromatic heterocycles. The number of rotatable bonds is 10. The second-order valence-electron chi connectivity index (χ2n) is 7.35. The third kappa shape index (κ3) is 8.05. The molecule has 1 aromatic rings. The van der Waals surface area contributed by atoms with Crippen LogP contribution in [0.3, 0.4) is 0 Å². The Kier molecular flexibility index (Phi) is 9.66. The van der Waals surface area contributed by atoms with Crippen LogP contribution in [0.4, 0.5) is 0 Å². The monoisotopic (exact) mass is 340 g/mol. The van der Waals surface area contributed by atoms with Crippen LogP contribution in [-0.2, 0) is 11.2 Å². The molecule has 1 nitrogen and oxygen atoms in total. The number of hydrogen-bond acceptors (Lipinski definition) is 1. The highest BCUT2D eigenvalue weighted by molar-refractivity contribution is 5.51. The maximum Gasteiger partial charge on any atom is 0.0575 e. The Bertz CT molecular complexity index is 503. The van der Waals surface area contributed by atoms with Gasteiger partial charge in [0, 0.05) is 6.61 Å². The van der Waals surface area contributed by atoms with Crippen LogP contribution in [0, 0.1) is 5.92 Å². The quantitative estimate of drug-likeness (QED) is 0.330. The molecule has 0 unspecified atom stereocenters. The lowest BCUT2D eigenvalue weighted by Gasteiger charge is -2.26. The Balaban J connectivity index is 1.69. The zero-order chi connectivity index (χ0) is 17.7. The van der Waals surface area contributed by atoms with Crippen molar-refractivity contribution < 1.29 is 4.74 Å². The summed E-state index contributed by atoms with van der Waals surface area (Å²) in [4.78, 5) is 0. The van der Waals surface area contributed by atoms with Gasteiger partial charge in [0.2, 0.25) is 0 Å². The van der Waals surface area contributed by atoms with E-state index in [1.165, 1.54) is 62.5 Å². The average molecular weight is 341 g/mol. The maximum absolute atomic E-state index is 5.87. The molecule has 1 fully saturated rings. The topological polar surface area (TPSA) is 9.23 Å². The van der Waals surface area contributed by atoms with Crippen molar-refractivity contribution in [1.29, 1.82) is 0 Å². The second kappa shape index (κ2) is 12.1. The molecule has 0 aliphatic heterocycles. The first-order chi connectivity index (χ1) is 12.3. The highest BCUT2D eigenvalue weighted by atomic mass is 16.5. The minimum Gasteiger partial charge on any atom is -0.378 e. The zero-order valence-electron chi connectivity index (χ0n) is 16.3. The third-order valence-corrected chi connectivity index (χ3v) is 5.11. The van der Waals surface area contributed by atoms with E-state index in [0.29, 0.717) is 6.10 Å². The number of unbranched alkanes of at least 4 members (excludes halogenated alkanes) is 2. The van der Waals surface area contributed by atoms with Gasteiger partial charge in [0.1, 0.15) is 0 Å². The van der Waals surface area contributed by atoms with E-state index < -0.39 is 0 Å². The summed E-state index contributed by atoms with van der Waals surface area (Å²) in [6.07, 6.45) is 20.8. The van der Waals surface area contributed by atoms with Crippen LogP contribution in [0.1, 0.15) is 76.3 Å². The Morgan fingerprint density at radius 2 is 1.68 bits per heavy atom. The first-order valence-corrected chi connectivity index (χ1v) is 10.4. The predicted molar refractivity (Wildman–Crippen MR) is 110 cm³/mol. The molecular weight excluding hydrogens is 304 g/mol. The lowest BCUT2D eigenvalue weighted by atomic mass is 9.87. The molecule has 0 saturated heterocycles. The van der Waals surface area contributed by atoms with Crippen LogP contribution in [0.5, 0.6) is 0 Å². The van der Waals surface area contributed by atoms with E-state index in [-0.39, 0.29) is 0 Å². The molecule has 0 bridgehead atoms. The Morgan fingerprint density at radius 1 is 0.920 bits per heavy atom. The van der Waals surface area contributed by atoms with E-state index in [1.807, 2.05) is 0 Å². The van der Waals surface area contributed by atoms with Gasteiger partial charge in [0.25, 0.3) is 0 Å². The average Bonchev–Trinajstić information content (AvgIpc) is 2.66. The Hall–Kier alpha value is -1.34. The van der Waals surface area contributed by atoms with E-state index in [9.17, 15) is 0 Å². The van der Waals surface area contributed by atoms with Gasteiger partial charge in [-0.25, -0.2) is 0 Å². The number of ether oxygens (including phenoxy) is 1. The van der Waals surface area contributed by atoms with E-state index >= 15 is 0 Å². The standard InChI is InChI=1S/C24H36O/c1-3-5-6-9-21-12-14-22(15-13-21)10-7-8-11-23-16-18-24(19-17-23)25-20-4-2/h7-8,10-15,23-24H,3-6,9,16-20H2,1-2H3/t23-,24-. The summed E-state index contributed by atoms with van der Waals surface area (Å²) in [7, 11) is 0. The first kappa shape index (κ1) is 20.0. The van der Waals surface area contributed by atoms with Gasteiger partial charge < -0.3 is 4.74 Å². The van der Waals surface area contributed by atoms with Crippen LogP contribution < -0.4 is 0 Å². The van der Waals surface area contributed by atoms with E-state index in [4.69, 9.17) is 4.74 Å². The molecule has 0 spiro atoms. The molecule has 25 heavy (non-hydrogen) atoms. The highest BCUT2D eigenvalue weighted by Gasteiger charge is 2.19. The largest absolute Gasteiger partial charge is 0.378 e. The van der Waals surface area contributed by atoms with Gasteiger partial charge in [-0.05, 0) is 62.0 Å². The van der Waals surface area contributed by atoms with Gasteiger partial charge in [0.05, 0.1) is 6.10 Å². The molecule has 1 aromatic carbocycles. The molecule has 0 heterocycles. The summed E-state index contributed by atoms with van der Waals surface area (Å²) in [5.41, 5.74) is 2.75. The number of hydrogen-bond donors (Lipinski definition) is 0. The van der Waals surface area contributed by atoms with Crippen molar-refractivity contribution in [3.63, 3.8) is 0 Å². The van der Waals surface area contributed by atoms with Crippen LogP contribution in [0.15, 0.2) is 42.5 Å². The van der Waals surface area contributed by atoms with Gasteiger partial charge in [0.15, 0.2) is 0 Å². The normalized spacial score (nSPS) is 21.4. The molecular formula is C24H36O. The van der Waals surface area contributed by atoms with Gasteiger partial charge >= 0.3 is 0 Å². The van der Waals surface area contributed by atoms with Crippen molar-refractivity contribution in [2.24, 2.45) is 5.92 Å². The third-order valence-electron chi connectivity index (χ3n) is 5.11. The molecule has 0 N–H and O–H groups in total. The molecule has 1 aliphatic rings. The summed E-state index contributed by atoms with van der Waals surface area (Å²) in [5.74, 6) is 0.729. The second-order valence-corrected chi connectivity index (χ2v) is 7.35. The fraction of sp³-hybridized carbons (Fsp3) is 0.583. The summed E-state index contributed by atoms with van der Waals surface area (Å²) in [5, 5.41) is 0. The Morgan fingerprint density at radius 3 is 2.36 bits per heavy atom.